The molecule has 4 nitrogen and oxygen atoms in total. The number of anilines is 1. The molecule has 0 radical (unpaired) electrons. The summed E-state index contributed by atoms with van der Waals surface area (Å²) in [6.45, 7) is 1.95. The second-order valence-corrected chi connectivity index (χ2v) is 5.04. The molecule has 1 aromatic carbocycles. The van der Waals surface area contributed by atoms with Crippen molar-refractivity contribution in [1.29, 1.82) is 0 Å². The molecule has 0 spiro atoms. The molecule has 0 aromatic heterocycles. The first-order valence-corrected chi connectivity index (χ1v) is 6.23. The van der Waals surface area contributed by atoms with Gasteiger partial charge in [0.15, 0.2) is 0 Å². The summed E-state index contributed by atoms with van der Waals surface area (Å²) in [4.78, 5) is 23.0. The third-order valence-corrected chi connectivity index (χ3v) is 3.15. The van der Waals surface area contributed by atoms with Crippen molar-refractivity contribution in [2.24, 2.45) is 0 Å². The zero-order valence-corrected chi connectivity index (χ0v) is 11.0. The lowest BCUT2D eigenvalue weighted by Gasteiger charge is -2.08. The lowest BCUT2D eigenvalue weighted by atomic mass is 10.2. The van der Waals surface area contributed by atoms with E-state index in [4.69, 9.17) is 0 Å². The number of hydrogen-bond acceptors (Lipinski definition) is 2. The molecule has 1 aromatic rings. The van der Waals surface area contributed by atoms with Gasteiger partial charge in [-0.25, -0.2) is 0 Å². The van der Waals surface area contributed by atoms with Crippen molar-refractivity contribution in [1.82, 2.24) is 5.32 Å². The fraction of sp³-hybridized carbons (Fsp3) is 0.333. The molecule has 0 aliphatic heterocycles. The average Bonchev–Trinajstić information content (AvgIpc) is 3.06. The van der Waals surface area contributed by atoms with E-state index in [1.54, 1.807) is 6.07 Å². The quantitative estimate of drug-likeness (QED) is 0.820. The predicted octanol–water partition coefficient (Wildman–Crippen LogP) is 1.97. The van der Waals surface area contributed by atoms with Crippen molar-refractivity contribution in [3.63, 3.8) is 0 Å². The SMILES string of the molecule is Cc1ccc(NC(=O)C(=O)NC2CC2)c(Br)c1. The summed E-state index contributed by atoms with van der Waals surface area (Å²) in [6, 6.07) is 5.71. The Kier molecular flexibility index (Phi) is 3.47. The molecule has 0 saturated heterocycles. The van der Waals surface area contributed by atoms with Crippen molar-refractivity contribution in [3.8, 4) is 0 Å². The van der Waals surface area contributed by atoms with Gasteiger partial charge in [-0.2, -0.15) is 0 Å². The Labute approximate surface area is 108 Å². The van der Waals surface area contributed by atoms with E-state index in [0.29, 0.717) is 5.69 Å². The average molecular weight is 297 g/mol. The minimum Gasteiger partial charge on any atom is -0.345 e. The minimum atomic E-state index is -0.624. The molecule has 5 heteroatoms. The maximum Gasteiger partial charge on any atom is 0.313 e. The van der Waals surface area contributed by atoms with Crippen LogP contribution in [-0.4, -0.2) is 17.9 Å². The smallest absolute Gasteiger partial charge is 0.313 e. The van der Waals surface area contributed by atoms with Crippen LogP contribution < -0.4 is 10.6 Å². The van der Waals surface area contributed by atoms with Crippen LogP contribution in [0.4, 0.5) is 5.69 Å². The number of amides is 2. The Morgan fingerprint density at radius 3 is 2.59 bits per heavy atom. The molecule has 2 N–H and O–H groups in total. The summed E-state index contributed by atoms with van der Waals surface area (Å²) < 4.78 is 0.769. The standard InChI is InChI=1S/C12H13BrN2O2/c1-7-2-5-10(9(13)6-7)15-12(17)11(16)14-8-3-4-8/h2,5-6,8H,3-4H2,1H3,(H,14,16)(H,15,17). The second kappa shape index (κ2) is 4.87. The van der Waals surface area contributed by atoms with Crippen molar-refractivity contribution in [2.75, 3.05) is 5.32 Å². The highest BCUT2D eigenvalue weighted by atomic mass is 79.9. The molecule has 90 valence electrons. The molecule has 1 aliphatic rings. The molecule has 1 saturated carbocycles. The van der Waals surface area contributed by atoms with Gasteiger partial charge in [-0.15, -0.1) is 0 Å². The van der Waals surface area contributed by atoms with Crippen LogP contribution in [0.2, 0.25) is 0 Å². The van der Waals surface area contributed by atoms with E-state index in [9.17, 15) is 9.59 Å². The molecule has 1 aliphatic carbocycles. The minimum absolute atomic E-state index is 0.190. The highest BCUT2D eigenvalue weighted by molar-refractivity contribution is 9.10. The number of aryl methyl sites for hydroxylation is 1. The molecule has 2 amide bonds. The molecule has 2 rings (SSSR count). The number of nitrogens with one attached hydrogen (secondary N) is 2. The van der Waals surface area contributed by atoms with Gasteiger partial charge in [-0.1, -0.05) is 6.07 Å². The van der Waals surface area contributed by atoms with E-state index in [-0.39, 0.29) is 6.04 Å². The van der Waals surface area contributed by atoms with Crippen LogP contribution >= 0.6 is 15.9 Å². The Morgan fingerprint density at radius 1 is 1.29 bits per heavy atom. The van der Waals surface area contributed by atoms with Gasteiger partial charge >= 0.3 is 11.8 Å². The summed E-state index contributed by atoms with van der Waals surface area (Å²) in [5.74, 6) is -1.19. The largest absolute Gasteiger partial charge is 0.345 e. The van der Waals surface area contributed by atoms with Gasteiger partial charge < -0.3 is 10.6 Å². The maximum atomic E-state index is 11.6. The van der Waals surface area contributed by atoms with E-state index < -0.39 is 11.8 Å². The Balaban J connectivity index is 1.99. The zero-order chi connectivity index (χ0) is 12.4. The highest BCUT2D eigenvalue weighted by Crippen LogP contribution is 2.23. The Hall–Kier alpha value is -1.36. The van der Waals surface area contributed by atoms with Crippen LogP contribution in [0.3, 0.4) is 0 Å². The zero-order valence-electron chi connectivity index (χ0n) is 9.42. The van der Waals surface area contributed by atoms with E-state index in [2.05, 4.69) is 26.6 Å². The number of halogens is 1. The van der Waals surface area contributed by atoms with Crippen LogP contribution in [0.5, 0.6) is 0 Å². The second-order valence-electron chi connectivity index (χ2n) is 4.19. The molecular weight excluding hydrogens is 284 g/mol. The van der Waals surface area contributed by atoms with Gasteiger partial charge in [0.2, 0.25) is 0 Å². The van der Waals surface area contributed by atoms with Gasteiger partial charge in [0, 0.05) is 10.5 Å². The van der Waals surface area contributed by atoms with Crippen LogP contribution in [0, 0.1) is 6.92 Å². The van der Waals surface area contributed by atoms with E-state index in [1.165, 1.54) is 0 Å². The van der Waals surface area contributed by atoms with Gasteiger partial charge in [0.05, 0.1) is 5.69 Å². The first-order chi connectivity index (χ1) is 8.06. The number of carbonyl (C=O) groups excluding carboxylic acids is 2. The molecule has 1 fully saturated rings. The van der Waals surface area contributed by atoms with Crippen LogP contribution in [-0.2, 0) is 9.59 Å². The molecule has 0 atom stereocenters. The molecule has 17 heavy (non-hydrogen) atoms. The van der Waals surface area contributed by atoms with Gasteiger partial charge in [0.1, 0.15) is 0 Å². The summed E-state index contributed by atoms with van der Waals surface area (Å²) in [7, 11) is 0. The predicted molar refractivity (Wildman–Crippen MR) is 68.7 cm³/mol. The van der Waals surface area contributed by atoms with Gasteiger partial charge in [0.25, 0.3) is 0 Å². The van der Waals surface area contributed by atoms with Crippen molar-refractivity contribution in [2.45, 2.75) is 25.8 Å². The Morgan fingerprint density at radius 2 is 2.00 bits per heavy atom. The Bertz CT molecular complexity index is 470. The molecule has 0 heterocycles. The van der Waals surface area contributed by atoms with E-state index in [1.807, 2.05) is 19.1 Å². The maximum absolute atomic E-state index is 11.6. The number of hydrogen-bond donors (Lipinski definition) is 2. The van der Waals surface area contributed by atoms with Crippen molar-refractivity contribution < 1.29 is 9.59 Å². The van der Waals surface area contributed by atoms with Gasteiger partial charge in [-0.3, -0.25) is 9.59 Å². The fourth-order valence-corrected chi connectivity index (χ4v) is 1.97. The number of carbonyl (C=O) groups is 2. The monoisotopic (exact) mass is 296 g/mol. The highest BCUT2D eigenvalue weighted by Gasteiger charge is 2.26. The van der Waals surface area contributed by atoms with Crippen LogP contribution in [0.15, 0.2) is 22.7 Å². The van der Waals surface area contributed by atoms with Crippen molar-refractivity contribution >= 4 is 33.4 Å². The lowest BCUT2D eigenvalue weighted by Crippen LogP contribution is -2.36. The molecule has 0 unspecified atom stereocenters. The number of rotatable bonds is 2. The third-order valence-electron chi connectivity index (χ3n) is 2.49. The number of benzene rings is 1. The summed E-state index contributed by atoms with van der Waals surface area (Å²) in [5.41, 5.74) is 1.68. The van der Waals surface area contributed by atoms with Crippen molar-refractivity contribution in [3.05, 3.63) is 28.2 Å². The molecule has 0 bridgehead atoms. The normalized spacial score (nSPS) is 14.2. The summed E-state index contributed by atoms with van der Waals surface area (Å²) in [6.07, 6.45) is 1.93. The summed E-state index contributed by atoms with van der Waals surface area (Å²) in [5, 5.41) is 5.21. The van der Waals surface area contributed by atoms with E-state index in [0.717, 1.165) is 22.9 Å². The van der Waals surface area contributed by atoms with E-state index >= 15 is 0 Å². The lowest BCUT2D eigenvalue weighted by molar-refractivity contribution is -0.136. The molecular formula is C12H13BrN2O2. The van der Waals surface area contributed by atoms with Crippen LogP contribution in [0.1, 0.15) is 18.4 Å². The topological polar surface area (TPSA) is 58.2 Å². The van der Waals surface area contributed by atoms with Gasteiger partial charge in [-0.05, 0) is 53.4 Å². The first-order valence-electron chi connectivity index (χ1n) is 5.44. The first kappa shape index (κ1) is 12.1. The third kappa shape index (κ3) is 3.30. The summed E-state index contributed by atoms with van der Waals surface area (Å²) >= 11 is 3.34. The van der Waals surface area contributed by atoms with Crippen LogP contribution in [0.25, 0.3) is 0 Å². The fourth-order valence-electron chi connectivity index (χ4n) is 1.38.